The van der Waals surface area contributed by atoms with Gasteiger partial charge in [-0.1, -0.05) is 18.2 Å². The number of imidazole rings is 1. The Kier molecular flexibility index (Phi) is 4.37. The highest BCUT2D eigenvalue weighted by Crippen LogP contribution is 2.29. The van der Waals surface area contributed by atoms with Crippen molar-refractivity contribution in [3.05, 3.63) is 59.4 Å². The first-order chi connectivity index (χ1) is 12.7. The third-order valence-corrected chi connectivity index (χ3v) is 5.16. The standard InChI is InChI=1S/C21H23N3O2/c1-14-7-8-17-18(13-14)23-20(22-17)15-9-11-24(12-10-15)21(25)16-5-3-4-6-19(16)26-2/h3-8,13,15H,9-12H2,1-2H3,(H,22,23). The van der Waals surface area contributed by atoms with Crippen molar-refractivity contribution in [2.45, 2.75) is 25.7 Å². The largest absolute Gasteiger partial charge is 0.496 e. The van der Waals surface area contributed by atoms with Crippen LogP contribution in [0.15, 0.2) is 42.5 Å². The molecule has 1 amide bonds. The van der Waals surface area contributed by atoms with Gasteiger partial charge in [0.25, 0.3) is 5.91 Å². The van der Waals surface area contributed by atoms with Crippen LogP contribution in [0.1, 0.15) is 40.5 Å². The minimum atomic E-state index is 0.0427. The average Bonchev–Trinajstić information content (AvgIpc) is 3.10. The lowest BCUT2D eigenvalue weighted by atomic mass is 9.95. The first-order valence-electron chi connectivity index (χ1n) is 9.04. The molecule has 26 heavy (non-hydrogen) atoms. The maximum atomic E-state index is 12.8. The van der Waals surface area contributed by atoms with Crippen molar-refractivity contribution < 1.29 is 9.53 Å². The number of para-hydroxylation sites is 1. The highest BCUT2D eigenvalue weighted by molar-refractivity contribution is 5.97. The molecule has 1 aliphatic rings. The number of amides is 1. The molecule has 0 bridgehead atoms. The van der Waals surface area contributed by atoms with Gasteiger partial charge in [-0.15, -0.1) is 0 Å². The summed E-state index contributed by atoms with van der Waals surface area (Å²) in [6.07, 6.45) is 1.83. The molecule has 3 aromatic rings. The summed E-state index contributed by atoms with van der Waals surface area (Å²) < 4.78 is 5.33. The zero-order valence-electron chi connectivity index (χ0n) is 15.2. The van der Waals surface area contributed by atoms with E-state index in [0.717, 1.165) is 42.8 Å². The fourth-order valence-corrected chi connectivity index (χ4v) is 3.68. The van der Waals surface area contributed by atoms with Gasteiger partial charge in [0.05, 0.1) is 23.7 Å². The van der Waals surface area contributed by atoms with Crippen LogP contribution in [0, 0.1) is 6.92 Å². The summed E-state index contributed by atoms with van der Waals surface area (Å²) in [5.74, 6) is 2.08. The Bertz CT molecular complexity index is 939. The van der Waals surface area contributed by atoms with E-state index in [9.17, 15) is 4.79 Å². The fraction of sp³-hybridized carbons (Fsp3) is 0.333. The van der Waals surface area contributed by atoms with Crippen LogP contribution in [0.5, 0.6) is 5.75 Å². The number of aromatic nitrogens is 2. The summed E-state index contributed by atoms with van der Waals surface area (Å²) in [5, 5.41) is 0. The van der Waals surface area contributed by atoms with E-state index in [1.165, 1.54) is 5.56 Å². The van der Waals surface area contributed by atoms with E-state index >= 15 is 0 Å². The molecule has 1 aromatic heterocycles. The van der Waals surface area contributed by atoms with Crippen molar-refractivity contribution >= 4 is 16.9 Å². The first kappa shape index (κ1) is 16.6. The lowest BCUT2D eigenvalue weighted by molar-refractivity contribution is 0.0708. The molecule has 2 aromatic carbocycles. The van der Waals surface area contributed by atoms with Crippen molar-refractivity contribution in [1.82, 2.24) is 14.9 Å². The van der Waals surface area contributed by atoms with Crippen molar-refractivity contribution in [3.8, 4) is 5.75 Å². The third kappa shape index (κ3) is 3.05. The van der Waals surface area contributed by atoms with Gasteiger partial charge in [0.2, 0.25) is 0 Å². The molecule has 1 N–H and O–H groups in total. The van der Waals surface area contributed by atoms with Crippen molar-refractivity contribution in [3.63, 3.8) is 0 Å². The molecule has 5 heteroatoms. The molecule has 0 radical (unpaired) electrons. The Balaban J connectivity index is 1.47. The number of likely N-dealkylation sites (tertiary alicyclic amines) is 1. The molecule has 134 valence electrons. The van der Waals surface area contributed by atoms with E-state index in [-0.39, 0.29) is 5.91 Å². The Morgan fingerprint density at radius 3 is 2.73 bits per heavy atom. The van der Waals surface area contributed by atoms with E-state index < -0.39 is 0 Å². The van der Waals surface area contributed by atoms with Crippen LogP contribution in [0.3, 0.4) is 0 Å². The number of nitrogens with one attached hydrogen (secondary N) is 1. The Morgan fingerprint density at radius 2 is 1.96 bits per heavy atom. The molecular weight excluding hydrogens is 326 g/mol. The van der Waals surface area contributed by atoms with E-state index in [2.05, 4.69) is 30.1 Å². The van der Waals surface area contributed by atoms with Gasteiger partial charge in [0.1, 0.15) is 11.6 Å². The summed E-state index contributed by atoms with van der Waals surface area (Å²) in [7, 11) is 1.60. The minimum absolute atomic E-state index is 0.0427. The number of H-pyrrole nitrogens is 1. The van der Waals surface area contributed by atoms with E-state index in [1.807, 2.05) is 29.2 Å². The predicted molar refractivity (Wildman–Crippen MR) is 102 cm³/mol. The number of carbonyl (C=O) groups is 1. The smallest absolute Gasteiger partial charge is 0.257 e. The summed E-state index contributed by atoms with van der Waals surface area (Å²) in [4.78, 5) is 23.0. The number of piperidine rings is 1. The zero-order valence-corrected chi connectivity index (χ0v) is 15.2. The van der Waals surface area contributed by atoms with Crippen LogP contribution < -0.4 is 4.74 Å². The van der Waals surface area contributed by atoms with Crippen molar-refractivity contribution in [2.75, 3.05) is 20.2 Å². The summed E-state index contributed by atoms with van der Waals surface area (Å²) in [6, 6.07) is 13.7. The van der Waals surface area contributed by atoms with E-state index in [0.29, 0.717) is 17.2 Å². The van der Waals surface area contributed by atoms with Crippen LogP contribution in [0.2, 0.25) is 0 Å². The molecule has 0 unspecified atom stereocenters. The zero-order chi connectivity index (χ0) is 18.1. The van der Waals surface area contributed by atoms with Crippen LogP contribution >= 0.6 is 0 Å². The van der Waals surface area contributed by atoms with E-state index in [1.54, 1.807) is 7.11 Å². The SMILES string of the molecule is COc1ccccc1C(=O)N1CCC(c2nc3ccc(C)cc3[nH]2)CC1. The second kappa shape index (κ2) is 6.83. The lowest BCUT2D eigenvalue weighted by Crippen LogP contribution is -2.38. The second-order valence-corrected chi connectivity index (χ2v) is 6.91. The number of hydrogen-bond acceptors (Lipinski definition) is 3. The van der Waals surface area contributed by atoms with Gasteiger partial charge in [-0.25, -0.2) is 4.98 Å². The summed E-state index contributed by atoms with van der Waals surface area (Å²) in [6.45, 7) is 3.55. The molecule has 2 heterocycles. The number of rotatable bonds is 3. The average molecular weight is 349 g/mol. The number of aryl methyl sites for hydroxylation is 1. The quantitative estimate of drug-likeness (QED) is 0.780. The number of hydrogen-bond donors (Lipinski definition) is 1. The highest BCUT2D eigenvalue weighted by Gasteiger charge is 2.27. The summed E-state index contributed by atoms with van der Waals surface area (Å²) >= 11 is 0. The number of carbonyl (C=O) groups excluding carboxylic acids is 1. The van der Waals surface area contributed by atoms with Gasteiger partial charge >= 0.3 is 0 Å². The van der Waals surface area contributed by atoms with Gasteiger partial charge in [-0.2, -0.15) is 0 Å². The molecular formula is C21H23N3O2. The predicted octanol–water partition coefficient (Wildman–Crippen LogP) is 3.90. The maximum Gasteiger partial charge on any atom is 0.257 e. The molecule has 5 nitrogen and oxygen atoms in total. The molecule has 0 saturated carbocycles. The summed E-state index contributed by atoms with van der Waals surface area (Å²) in [5.41, 5.74) is 3.96. The van der Waals surface area contributed by atoms with Crippen LogP contribution in [-0.4, -0.2) is 41.0 Å². The Hall–Kier alpha value is -2.82. The molecule has 1 fully saturated rings. The molecule has 1 aliphatic heterocycles. The molecule has 1 saturated heterocycles. The molecule has 4 rings (SSSR count). The number of methoxy groups -OCH3 is 1. The van der Waals surface area contributed by atoms with Crippen LogP contribution in [0.25, 0.3) is 11.0 Å². The lowest BCUT2D eigenvalue weighted by Gasteiger charge is -2.31. The number of nitrogens with zero attached hydrogens (tertiary/aromatic N) is 2. The van der Waals surface area contributed by atoms with E-state index in [4.69, 9.17) is 9.72 Å². The Labute approximate surface area is 153 Å². The van der Waals surface area contributed by atoms with Gasteiger partial charge in [-0.05, 0) is 49.6 Å². The van der Waals surface area contributed by atoms with Gasteiger partial charge in [-0.3, -0.25) is 4.79 Å². The topological polar surface area (TPSA) is 58.2 Å². The second-order valence-electron chi connectivity index (χ2n) is 6.91. The first-order valence-corrected chi connectivity index (χ1v) is 9.04. The van der Waals surface area contributed by atoms with Gasteiger partial charge in [0.15, 0.2) is 0 Å². The van der Waals surface area contributed by atoms with Gasteiger partial charge < -0.3 is 14.6 Å². The maximum absolute atomic E-state index is 12.8. The fourth-order valence-electron chi connectivity index (χ4n) is 3.68. The van der Waals surface area contributed by atoms with Crippen molar-refractivity contribution in [1.29, 1.82) is 0 Å². The number of aromatic amines is 1. The van der Waals surface area contributed by atoms with Crippen LogP contribution in [0.4, 0.5) is 0 Å². The highest BCUT2D eigenvalue weighted by atomic mass is 16.5. The number of fused-ring (bicyclic) bond motifs is 1. The minimum Gasteiger partial charge on any atom is -0.496 e. The molecule has 0 aliphatic carbocycles. The number of ether oxygens (including phenoxy) is 1. The molecule has 0 atom stereocenters. The van der Waals surface area contributed by atoms with Crippen molar-refractivity contribution in [2.24, 2.45) is 0 Å². The molecule has 0 spiro atoms. The Morgan fingerprint density at radius 1 is 1.19 bits per heavy atom. The number of benzene rings is 2. The van der Waals surface area contributed by atoms with Crippen LogP contribution in [-0.2, 0) is 0 Å². The van der Waals surface area contributed by atoms with Gasteiger partial charge in [0, 0.05) is 19.0 Å². The normalized spacial score (nSPS) is 15.4. The third-order valence-electron chi connectivity index (χ3n) is 5.16. The monoisotopic (exact) mass is 349 g/mol.